The molecule has 1 heterocycles. The standard InChI is InChI=1S/C22H27NO5S/c1-4-17(28-15-12-10-14(26-3)11-13-15)20(24)23-21-19(22(25)27-5-2)16-8-6-7-9-18(16)29-21/h10-13,17H,4-9H2,1-3H3,(H,23,24)/t17-/m1/s1. The highest BCUT2D eigenvalue weighted by atomic mass is 32.1. The monoisotopic (exact) mass is 417 g/mol. The molecule has 29 heavy (non-hydrogen) atoms. The predicted molar refractivity (Wildman–Crippen MR) is 113 cm³/mol. The molecule has 1 aliphatic rings. The van der Waals surface area contributed by atoms with Crippen molar-refractivity contribution in [2.75, 3.05) is 19.0 Å². The molecule has 0 fully saturated rings. The Balaban J connectivity index is 1.78. The molecule has 156 valence electrons. The maximum Gasteiger partial charge on any atom is 0.341 e. The number of ether oxygens (including phenoxy) is 3. The maximum atomic E-state index is 12.9. The van der Waals surface area contributed by atoms with E-state index in [4.69, 9.17) is 14.2 Å². The summed E-state index contributed by atoms with van der Waals surface area (Å²) in [5, 5.41) is 3.50. The molecule has 3 rings (SSSR count). The average Bonchev–Trinajstić information content (AvgIpc) is 3.10. The van der Waals surface area contributed by atoms with E-state index in [0.717, 1.165) is 37.0 Å². The number of hydrogen-bond donors (Lipinski definition) is 1. The number of nitrogens with one attached hydrogen (secondary N) is 1. The second-order valence-electron chi connectivity index (χ2n) is 6.82. The summed E-state index contributed by atoms with van der Waals surface area (Å²) in [6, 6.07) is 7.10. The number of rotatable bonds is 8. The second kappa shape index (κ2) is 9.78. The lowest BCUT2D eigenvalue weighted by Crippen LogP contribution is -2.32. The van der Waals surface area contributed by atoms with Crippen LogP contribution in [0.3, 0.4) is 0 Å². The van der Waals surface area contributed by atoms with Crippen LogP contribution in [0.2, 0.25) is 0 Å². The summed E-state index contributed by atoms with van der Waals surface area (Å²) in [4.78, 5) is 26.6. The lowest BCUT2D eigenvalue weighted by atomic mass is 9.95. The number of aryl methyl sites for hydroxylation is 1. The number of fused-ring (bicyclic) bond motifs is 1. The number of hydrogen-bond acceptors (Lipinski definition) is 6. The van der Waals surface area contributed by atoms with Crippen LogP contribution in [-0.4, -0.2) is 31.7 Å². The SMILES string of the molecule is CCOC(=O)c1c(NC(=O)[C@@H](CC)Oc2ccc(OC)cc2)sc2c1CCCC2. The van der Waals surface area contributed by atoms with Crippen LogP contribution >= 0.6 is 11.3 Å². The van der Waals surface area contributed by atoms with Crippen molar-refractivity contribution >= 4 is 28.2 Å². The molecule has 1 N–H and O–H groups in total. The highest BCUT2D eigenvalue weighted by Crippen LogP contribution is 2.38. The Morgan fingerprint density at radius 2 is 1.79 bits per heavy atom. The zero-order valence-corrected chi connectivity index (χ0v) is 17.9. The van der Waals surface area contributed by atoms with E-state index in [1.165, 1.54) is 16.2 Å². The molecule has 6 nitrogen and oxygen atoms in total. The van der Waals surface area contributed by atoms with Gasteiger partial charge in [-0.25, -0.2) is 4.79 Å². The van der Waals surface area contributed by atoms with Gasteiger partial charge in [0.05, 0.1) is 19.3 Å². The van der Waals surface area contributed by atoms with E-state index in [9.17, 15) is 9.59 Å². The van der Waals surface area contributed by atoms with Crippen molar-refractivity contribution in [3.63, 3.8) is 0 Å². The number of benzene rings is 1. The molecular formula is C22H27NO5S. The quantitative estimate of drug-likeness (QED) is 0.635. The molecule has 0 saturated heterocycles. The number of esters is 1. The van der Waals surface area contributed by atoms with Gasteiger partial charge in [0, 0.05) is 4.88 Å². The minimum absolute atomic E-state index is 0.271. The summed E-state index contributed by atoms with van der Waals surface area (Å²) in [6.07, 6.45) is 3.75. The Morgan fingerprint density at radius 1 is 1.10 bits per heavy atom. The Bertz CT molecular complexity index is 859. The average molecular weight is 418 g/mol. The van der Waals surface area contributed by atoms with Gasteiger partial charge >= 0.3 is 5.97 Å². The lowest BCUT2D eigenvalue weighted by molar-refractivity contribution is -0.122. The zero-order valence-electron chi connectivity index (χ0n) is 17.1. The number of carbonyl (C=O) groups is 2. The third-order valence-electron chi connectivity index (χ3n) is 4.89. The van der Waals surface area contributed by atoms with Crippen molar-refractivity contribution in [2.45, 2.75) is 52.1 Å². The minimum Gasteiger partial charge on any atom is -0.497 e. The summed E-state index contributed by atoms with van der Waals surface area (Å²) < 4.78 is 16.3. The number of anilines is 1. The summed E-state index contributed by atoms with van der Waals surface area (Å²) in [6.45, 7) is 3.97. The molecule has 1 amide bonds. The number of methoxy groups -OCH3 is 1. The van der Waals surface area contributed by atoms with E-state index in [0.29, 0.717) is 29.3 Å². The van der Waals surface area contributed by atoms with Crippen LogP contribution in [0.1, 0.15) is 53.9 Å². The Labute approximate surface area is 175 Å². The fourth-order valence-corrected chi connectivity index (χ4v) is 4.69. The van der Waals surface area contributed by atoms with Gasteiger partial charge in [-0.3, -0.25) is 4.79 Å². The first-order valence-electron chi connectivity index (χ1n) is 10.0. The van der Waals surface area contributed by atoms with Crippen molar-refractivity contribution in [3.8, 4) is 11.5 Å². The third kappa shape index (κ3) is 4.90. The van der Waals surface area contributed by atoms with E-state index in [2.05, 4.69) is 5.32 Å². The normalized spacial score (nSPS) is 13.9. The molecule has 0 bridgehead atoms. The van der Waals surface area contributed by atoms with Crippen LogP contribution in [0.15, 0.2) is 24.3 Å². The molecular weight excluding hydrogens is 390 g/mol. The topological polar surface area (TPSA) is 73.9 Å². The zero-order chi connectivity index (χ0) is 20.8. The largest absolute Gasteiger partial charge is 0.497 e. The summed E-state index contributed by atoms with van der Waals surface area (Å²) in [7, 11) is 1.60. The van der Waals surface area contributed by atoms with E-state index in [-0.39, 0.29) is 11.9 Å². The van der Waals surface area contributed by atoms with Crippen LogP contribution in [0.25, 0.3) is 0 Å². The molecule has 2 aromatic rings. The van der Waals surface area contributed by atoms with Gasteiger partial charge in [-0.2, -0.15) is 0 Å². The predicted octanol–water partition coefficient (Wildman–Crippen LogP) is 4.61. The van der Waals surface area contributed by atoms with Crippen molar-refractivity contribution < 1.29 is 23.8 Å². The van der Waals surface area contributed by atoms with Gasteiger partial charge in [-0.1, -0.05) is 6.92 Å². The van der Waals surface area contributed by atoms with Crippen LogP contribution < -0.4 is 14.8 Å². The van der Waals surface area contributed by atoms with Crippen molar-refractivity contribution in [2.24, 2.45) is 0 Å². The van der Waals surface area contributed by atoms with Gasteiger partial charge in [0.2, 0.25) is 0 Å². The van der Waals surface area contributed by atoms with Crippen molar-refractivity contribution in [3.05, 3.63) is 40.3 Å². The Kier molecular flexibility index (Phi) is 7.14. The molecule has 0 saturated carbocycles. The van der Waals surface area contributed by atoms with Gasteiger partial charge in [0.1, 0.15) is 16.5 Å². The van der Waals surface area contributed by atoms with Crippen LogP contribution in [0.5, 0.6) is 11.5 Å². The number of amides is 1. The summed E-state index contributed by atoms with van der Waals surface area (Å²) in [5.74, 6) is 0.667. The Hall–Kier alpha value is -2.54. The molecule has 0 unspecified atom stereocenters. The molecule has 1 atom stereocenters. The molecule has 0 aliphatic heterocycles. The van der Waals surface area contributed by atoms with Crippen molar-refractivity contribution in [1.29, 1.82) is 0 Å². The number of thiophene rings is 1. The molecule has 0 radical (unpaired) electrons. The first kappa shape index (κ1) is 21.2. The highest BCUT2D eigenvalue weighted by Gasteiger charge is 2.29. The van der Waals surface area contributed by atoms with Gasteiger partial charge < -0.3 is 19.5 Å². The van der Waals surface area contributed by atoms with E-state index in [1.807, 2.05) is 6.92 Å². The van der Waals surface area contributed by atoms with E-state index >= 15 is 0 Å². The molecule has 7 heteroatoms. The molecule has 1 aliphatic carbocycles. The fraction of sp³-hybridized carbons (Fsp3) is 0.455. The molecule has 1 aromatic carbocycles. The van der Waals surface area contributed by atoms with Gasteiger partial charge in [0.15, 0.2) is 6.10 Å². The fourth-order valence-electron chi connectivity index (χ4n) is 3.41. The summed E-state index contributed by atoms with van der Waals surface area (Å²) in [5.41, 5.74) is 1.54. The first-order chi connectivity index (χ1) is 14.1. The molecule has 0 spiro atoms. The second-order valence-corrected chi connectivity index (χ2v) is 7.92. The minimum atomic E-state index is -0.669. The Morgan fingerprint density at radius 3 is 2.45 bits per heavy atom. The lowest BCUT2D eigenvalue weighted by Gasteiger charge is -2.17. The third-order valence-corrected chi connectivity index (χ3v) is 6.10. The smallest absolute Gasteiger partial charge is 0.341 e. The maximum absolute atomic E-state index is 12.9. The van der Waals surface area contributed by atoms with Gasteiger partial charge in [-0.15, -0.1) is 11.3 Å². The van der Waals surface area contributed by atoms with E-state index < -0.39 is 6.10 Å². The van der Waals surface area contributed by atoms with Gasteiger partial charge in [-0.05, 0) is 68.9 Å². The summed E-state index contributed by atoms with van der Waals surface area (Å²) >= 11 is 1.48. The number of carbonyl (C=O) groups excluding carboxylic acids is 2. The molecule has 1 aromatic heterocycles. The highest BCUT2D eigenvalue weighted by molar-refractivity contribution is 7.17. The van der Waals surface area contributed by atoms with Crippen molar-refractivity contribution in [1.82, 2.24) is 0 Å². The van der Waals surface area contributed by atoms with Crippen LogP contribution in [0.4, 0.5) is 5.00 Å². The van der Waals surface area contributed by atoms with Gasteiger partial charge in [0.25, 0.3) is 5.91 Å². The van der Waals surface area contributed by atoms with Crippen LogP contribution in [-0.2, 0) is 22.4 Å². The van der Waals surface area contributed by atoms with Crippen LogP contribution in [0, 0.1) is 0 Å². The first-order valence-corrected chi connectivity index (χ1v) is 10.8. The van der Waals surface area contributed by atoms with E-state index in [1.54, 1.807) is 38.3 Å².